The van der Waals surface area contributed by atoms with Gasteiger partial charge in [0.1, 0.15) is 18.8 Å². The number of alkyl halides is 3. The minimum atomic E-state index is -4.54. The van der Waals surface area contributed by atoms with Crippen molar-refractivity contribution >= 4 is 5.97 Å². The molecular formula is C15H15F3O4. The van der Waals surface area contributed by atoms with Gasteiger partial charge in [0.2, 0.25) is 0 Å². The predicted molar refractivity (Wildman–Crippen MR) is 70.2 cm³/mol. The van der Waals surface area contributed by atoms with Crippen molar-refractivity contribution in [2.75, 3.05) is 13.2 Å². The molecule has 1 unspecified atom stereocenters. The van der Waals surface area contributed by atoms with E-state index in [-0.39, 0.29) is 43.0 Å². The fourth-order valence-corrected chi connectivity index (χ4v) is 2.89. The Morgan fingerprint density at radius 3 is 2.41 bits per heavy atom. The van der Waals surface area contributed by atoms with Crippen LogP contribution < -0.4 is 9.47 Å². The van der Waals surface area contributed by atoms with Gasteiger partial charge >= 0.3 is 12.1 Å². The monoisotopic (exact) mass is 316 g/mol. The molecule has 4 nitrogen and oxygen atoms in total. The number of aliphatic carboxylic acids is 1. The molecule has 1 heterocycles. The van der Waals surface area contributed by atoms with Crippen molar-refractivity contribution in [1.29, 1.82) is 0 Å². The van der Waals surface area contributed by atoms with Crippen LogP contribution in [0.4, 0.5) is 13.2 Å². The summed E-state index contributed by atoms with van der Waals surface area (Å²) in [6.45, 7) is 0.207. The van der Waals surface area contributed by atoms with Crippen LogP contribution in [0.2, 0.25) is 0 Å². The Balaban J connectivity index is 2.06. The molecule has 0 spiro atoms. The van der Waals surface area contributed by atoms with Gasteiger partial charge < -0.3 is 14.6 Å². The first-order valence-electron chi connectivity index (χ1n) is 7.09. The second kappa shape index (κ2) is 5.37. The lowest BCUT2D eigenvalue weighted by molar-refractivity contribution is -0.140. The van der Waals surface area contributed by atoms with E-state index >= 15 is 0 Å². The van der Waals surface area contributed by atoms with Gasteiger partial charge in [0.25, 0.3) is 0 Å². The number of carbonyl (C=O) groups is 1. The summed E-state index contributed by atoms with van der Waals surface area (Å²) >= 11 is 0. The topological polar surface area (TPSA) is 55.8 Å². The van der Waals surface area contributed by atoms with Gasteiger partial charge in [-0.1, -0.05) is 6.07 Å². The van der Waals surface area contributed by atoms with E-state index in [1.807, 2.05) is 0 Å². The van der Waals surface area contributed by atoms with Crippen molar-refractivity contribution in [3.8, 4) is 11.5 Å². The molecule has 1 aromatic carbocycles. The maximum atomic E-state index is 13.1. The lowest BCUT2D eigenvalue weighted by Gasteiger charge is -2.27. The highest BCUT2D eigenvalue weighted by Crippen LogP contribution is 2.52. The number of benzene rings is 1. The summed E-state index contributed by atoms with van der Waals surface area (Å²) in [7, 11) is 0. The van der Waals surface area contributed by atoms with Crippen molar-refractivity contribution in [3.05, 3.63) is 23.3 Å². The molecule has 1 saturated carbocycles. The van der Waals surface area contributed by atoms with Gasteiger partial charge in [-0.25, -0.2) is 0 Å². The van der Waals surface area contributed by atoms with Crippen molar-refractivity contribution in [3.63, 3.8) is 0 Å². The highest BCUT2D eigenvalue weighted by Gasteiger charge is 2.41. The SMILES string of the molecule is O=C(O)CC(c1ccc(C(F)(F)F)c2c1OCCO2)C1CC1. The number of carboxylic acid groups (broad SMARTS) is 1. The molecule has 0 amide bonds. The summed E-state index contributed by atoms with van der Waals surface area (Å²) in [5.74, 6) is -1.38. The van der Waals surface area contributed by atoms with E-state index in [2.05, 4.69) is 0 Å². The van der Waals surface area contributed by atoms with E-state index in [1.54, 1.807) is 0 Å². The number of ether oxygens (including phenoxy) is 2. The quantitative estimate of drug-likeness (QED) is 0.924. The van der Waals surface area contributed by atoms with Gasteiger partial charge in [0.15, 0.2) is 11.5 Å². The molecule has 22 heavy (non-hydrogen) atoms. The average Bonchev–Trinajstić information content (AvgIpc) is 3.27. The second-order valence-corrected chi connectivity index (χ2v) is 5.60. The van der Waals surface area contributed by atoms with Crippen LogP contribution in [0.25, 0.3) is 0 Å². The molecule has 1 aliphatic heterocycles. The molecule has 1 atom stereocenters. The van der Waals surface area contributed by atoms with Gasteiger partial charge in [0, 0.05) is 11.5 Å². The highest BCUT2D eigenvalue weighted by molar-refractivity contribution is 5.69. The number of fused-ring (bicyclic) bond motifs is 1. The van der Waals surface area contributed by atoms with E-state index in [1.165, 1.54) is 6.07 Å². The summed E-state index contributed by atoms with van der Waals surface area (Å²) in [6.07, 6.45) is -2.89. The van der Waals surface area contributed by atoms with Crippen molar-refractivity contribution < 1.29 is 32.5 Å². The molecule has 1 N–H and O–H groups in total. The number of rotatable bonds is 4. The Hall–Kier alpha value is -1.92. The molecule has 1 aliphatic carbocycles. The summed E-state index contributed by atoms with van der Waals surface area (Å²) in [4.78, 5) is 11.1. The average molecular weight is 316 g/mol. The number of carboxylic acids is 1. The maximum Gasteiger partial charge on any atom is 0.420 e. The van der Waals surface area contributed by atoms with Crippen molar-refractivity contribution in [2.24, 2.45) is 5.92 Å². The number of hydrogen-bond donors (Lipinski definition) is 1. The fraction of sp³-hybridized carbons (Fsp3) is 0.533. The fourth-order valence-electron chi connectivity index (χ4n) is 2.89. The van der Waals surface area contributed by atoms with Crippen LogP contribution in [0.15, 0.2) is 12.1 Å². The first-order valence-corrected chi connectivity index (χ1v) is 7.09. The van der Waals surface area contributed by atoms with E-state index in [9.17, 15) is 18.0 Å². The molecule has 0 bridgehead atoms. The van der Waals surface area contributed by atoms with Crippen molar-refractivity contribution in [1.82, 2.24) is 0 Å². The molecular weight excluding hydrogens is 301 g/mol. The van der Waals surface area contributed by atoms with Gasteiger partial charge in [-0.05, 0) is 24.8 Å². The summed E-state index contributed by atoms with van der Waals surface area (Å²) in [5, 5.41) is 9.06. The van der Waals surface area contributed by atoms with Gasteiger partial charge in [-0.15, -0.1) is 0 Å². The van der Waals surface area contributed by atoms with Gasteiger partial charge in [-0.3, -0.25) is 4.79 Å². The smallest absolute Gasteiger partial charge is 0.420 e. The third kappa shape index (κ3) is 2.84. The summed E-state index contributed by atoms with van der Waals surface area (Å²) < 4.78 is 49.8. The van der Waals surface area contributed by atoms with Crippen LogP contribution in [0.3, 0.4) is 0 Å². The van der Waals surface area contributed by atoms with E-state index < -0.39 is 17.7 Å². The molecule has 7 heteroatoms. The number of halogens is 3. The largest absolute Gasteiger partial charge is 0.486 e. The summed E-state index contributed by atoms with van der Waals surface area (Å²) in [6, 6.07) is 2.29. The molecule has 1 fully saturated rings. The first-order chi connectivity index (χ1) is 10.4. The first kappa shape index (κ1) is 15.0. The second-order valence-electron chi connectivity index (χ2n) is 5.60. The summed E-state index contributed by atoms with van der Waals surface area (Å²) in [5.41, 5.74) is -0.372. The zero-order valence-corrected chi connectivity index (χ0v) is 11.7. The lowest BCUT2D eigenvalue weighted by Crippen LogP contribution is -2.22. The predicted octanol–water partition coefficient (Wildman–Crippen LogP) is 3.44. The Bertz CT molecular complexity index is 593. The molecule has 1 aromatic rings. The zero-order valence-electron chi connectivity index (χ0n) is 11.7. The van der Waals surface area contributed by atoms with Crippen LogP contribution in [0.5, 0.6) is 11.5 Å². The molecule has 2 aliphatic rings. The van der Waals surface area contributed by atoms with Gasteiger partial charge in [-0.2, -0.15) is 13.2 Å². The molecule has 120 valence electrons. The highest BCUT2D eigenvalue weighted by atomic mass is 19.4. The van der Waals surface area contributed by atoms with E-state index in [4.69, 9.17) is 14.6 Å². The van der Waals surface area contributed by atoms with Crippen LogP contribution in [0.1, 0.15) is 36.3 Å². The van der Waals surface area contributed by atoms with Crippen LogP contribution in [-0.2, 0) is 11.0 Å². The van der Waals surface area contributed by atoms with Crippen LogP contribution in [0, 0.1) is 5.92 Å². The Morgan fingerprint density at radius 2 is 1.86 bits per heavy atom. The normalized spacial score (nSPS) is 18.9. The Kier molecular flexibility index (Phi) is 3.66. The minimum absolute atomic E-state index is 0.0482. The lowest BCUT2D eigenvalue weighted by atomic mass is 9.89. The Labute approximate surface area is 124 Å². The molecule has 3 rings (SSSR count). The molecule has 0 aromatic heterocycles. The third-order valence-electron chi connectivity index (χ3n) is 4.01. The number of hydrogen-bond acceptors (Lipinski definition) is 3. The third-order valence-corrected chi connectivity index (χ3v) is 4.01. The van der Waals surface area contributed by atoms with Crippen LogP contribution >= 0.6 is 0 Å². The van der Waals surface area contributed by atoms with E-state index in [0.717, 1.165) is 18.9 Å². The minimum Gasteiger partial charge on any atom is -0.486 e. The van der Waals surface area contributed by atoms with Crippen molar-refractivity contribution in [2.45, 2.75) is 31.4 Å². The standard InChI is InChI=1S/C15H15F3O4/c16-15(17,18)11-4-3-9(13-14(11)22-6-5-21-13)10(7-12(19)20)8-1-2-8/h3-4,8,10H,1-2,5-7H2,(H,19,20). The van der Waals surface area contributed by atoms with E-state index in [0.29, 0.717) is 5.56 Å². The molecule has 0 radical (unpaired) electrons. The molecule has 0 saturated heterocycles. The zero-order chi connectivity index (χ0) is 15.9. The van der Waals surface area contributed by atoms with Gasteiger partial charge in [0.05, 0.1) is 6.42 Å². The van der Waals surface area contributed by atoms with Crippen LogP contribution in [-0.4, -0.2) is 24.3 Å². The Morgan fingerprint density at radius 1 is 1.23 bits per heavy atom. The maximum absolute atomic E-state index is 13.1.